The molecule has 0 bridgehead atoms. The van der Waals surface area contributed by atoms with Gasteiger partial charge >= 0.3 is 0 Å². The number of aromatic nitrogens is 3. The Hall–Kier alpha value is -2.82. The van der Waals surface area contributed by atoms with Crippen molar-refractivity contribution in [3.8, 4) is 11.4 Å². The molecule has 20 heavy (non-hydrogen) atoms. The van der Waals surface area contributed by atoms with Gasteiger partial charge in [-0.15, -0.1) is 0 Å². The molecule has 0 aliphatic carbocycles. The molecule has 1 aromatic carbocycles. The van der Waals surface area contributed by atoms with Crippen molar-refractivity contribution in [1.29, 1.82) is 0 Å². The van der Waals surface area contributed by atoms with Crippen molar-refractivity contribution in [2.24, 2.45) is 0 Å². The minimum atomic E-state index is 0.177. The van der Waals surface area contributed by atoms with Gasteiger partial charge in [-0.1, -0.05) is 6.07 Å². The summed E-state index contributed by atoms with van der Waals surface area (Å²) < 4.78 is 1.95. The highest BCUT2D eigenvalue weighted by Crippen LogP contribution is 2.15. The number of anilines is 1. The zero-order valence-corrected chi connectivity index (χ0v) is 10.8. The van der Waals surface area contributed by atoms with Gasteiger partial charge in [0.15, 0.2) is 0 Å². The van der Waals surface area contributed by atoms with E-state index in [1.165, 1.54) is 6.20 Å². The Morgan fingerprint density at radius 3 is 2.90 bits per heavy atom. The molecule has 2 heterocycles. The van der Waals surface area contributed by atoms with Crippen molar-refractivity contribution in [3.63, 3.8) is 0 Å². The average Bonchev–Trinajstić information content (AvgIpc) is 3.01. The van der Waals surface area contributed by atoms with E-state index < -0.39 is 0 Å². The number of rotatable bonds is 4. The van der Waals surface area contributed by atoms with E-state index >= 15 is 0 Å². The summed E-state index contributed by atoms with van der Waals surface area (Å²) >= 11 is 0. The smallest absolute Gasteiger partial charge is 0.133 e. The zero-order valence-electron chi connectivity index (χ0n) is 10.8. The minimum absolute atomic E-state index is 0.177. The van der Waals surface area contributed by atoms with E-state index in [0.717, 1.165) is 17.1 Å². The van der Waals surface area contributed by atoms with Crippen molar-refractivity contribution >= 4 is 5.69 Å². The Morgan fingerprint density at radius 2 is 2.15 bits per heavy atom. The molecule has 0 saturated carbocycles. The Bertz CT molecular complexity index is 677. The molecule has 5 nitrogen and oxygen atoms in total. The molecular formula is C15H14N4O. The molecule has 100 valence electrons. The van der Waals surface area contributed by atoms with Crippen molar-refractivity contribution < 1.29 is 5.11 Å². The Kier molecular flexibility index (Phi) is 3.33. The minimum Gasteiger partial charge on any atom is -0.506 e. The normalized spacial score (nSPS) is 10.4. The van der Waals surface area contributed by atoms with Crippen LogP contribution in [0.3, 0.4) is 0 Å². The first-order valence-electron chi connectivity index (χ1n) is 6.27. The molecule has 0 aliphatic heterocycles. The van der Waals surface area contributed by atoms with Crippen LogP contribution in [0.15, 0.2) is 61.3 Å². The maximum absolute atomic E-state index is 9.19. The lowest BCUT2D eigenvalue weighted by Gasteiger charge is -2.08. The van der Waals surface area contributed by atoms with Gasteiger partial charge in [0.25, 0.3) is 0 Å². The maximum atomic E-state index is 9.19. The van der Waals surface area contributed by atoms with Gasteiger partial charge in [-0.2, -0.15) is 0 Å². The third kappa shape index (κ3) is 2.77. The van der Waals surface area contributed by atoms with Gasteiger partial charge in [-0.05, 0) is 30.3 Å². The highest BCUT2D eigenvalue weighted by molar-refractivity contribution is 5.51. The summed E-state index contributed by atoms with van der Waals surface area (Å²) in [5.41, 5.74) is 2.92. The van der Waals surface area contributed by atoms with Crippen LogP contribution >= 0.6 is 0 Å². The fraction of sp³-hybridized carbons (Fsp3) is 0.0667. The molecule has 0 saturated heterocycles. The summed E-state index contributed by atoms with van der Waals surface area (Å²) in [6, 6.07) is 11.5. The second kappa shape index (κ2) is 5.44. The zero-order chi connectivity index (χ0) is 13.8. The van der Waals surface area contributed by atoms with Gasteiger partial charge in [0.1, 0.15) is 5.75 Å². The fourth-order valence-electron chi connectivity index (χ4n) is 1.90. The molecule has 0 atom stereocenters. The topological polar surface area (TPSA) is 63.0 Å². The third-order valence-corrected chi connectivity index (χ3v) is 2.93. The summed E-state index contributed by atoms with van der Waals surface area (Å²) in [5, 5.41) is 12.5. The number of pyridine rings is 1. The van der Waals surface area contributed by atoms with E-state index in [9.17, 15) is 5.11 Å². The molecule has 0 radical (unpaired) electrons. The molecule has 0 aliphatic rings. The summed E-state index contributed by atoms with van der Waals surface area (Å²) in [6.45, 7) is 0.605. The molecule has 0 spiro atoms. The number of benzene rings is 1. The molecule has 0 fully saturated rings. The van der Waals surface area contributed by atoms with Crippen LogP contribution in [-0.4, -0.2) is 19.6 Å². The first-order chi connectivity index (χ1) is 9.81. The first-order valence-corrected chi connectivity index (χ1v) is 6.27. The van der Waals surface area contributed by atoms with Crippen molar-refractivity contribution in [2.75, 3.05) is 5.32 Å². The largest absolute Gasteiger partial charge is 0.506 e. The van der Waals surface area contributed by atoms with E-state index in [-0.39, 0.29) is 5.75 Å². The number of imidazole rings is 1. The lowest BCUT2D eigenvalue weighted by Crippen LogP contribution is -2.01. The van der Waals surface area contributed by atoms with Crippen LogP contribution in [0, 0.1) is 0 Å². The number of nitrogens with zero attached hydrogens (tertiary/aromatic N) is 3. The third-order valence-electron chi connectivity index (χ3n) is 2.93. The van der Waals surface area contributed by atoms with Gasteiger partial charge in [0, 0.05) is 23.8 Å². The Morgan fingerprint density at radius 1 is 1.20 bits per heavy atom. The summed E-state index contributed by atoms with van der Waals surface area (Å²) in [6.07, 6.45) is 6.86. The van der Waals surface area contributed by atoms with E-state index in [2.05, 4.69) is 15.3 Å². The van der Waals surface area contributed by atoms with Gasteiger partial charge in [0.2, 0.25) is 0 Å². The van der Waals surface area contributed by atoms with Crippen molar-refractivity contribution in [1.82, 2.24) is 14.5 Å². The van der Waals surface area contributed by atoms with E-state index in [4.69, 9.17) is 0 Å². The molecule has 3 rings (SSSR count). The van der Waals surface area contributed by atoms with E-state index in [1.807, 2.05) is 35.0 Å². The fourth-order valence-corrected chi connectivity index (χ4v) is 1.90. The SMILES string of the molecule is Oc1ccc(CNc2cccc(-n3ccnc3)c2)nc1. The number of hydrogen-bond donors (Lipinski definition) is 2. The Balaban J connectivity index is 1.72. The molecule has 0 unspecified atom stereocenters. The van der Waals surface area contributed by atoms with Crippen LogP contribution in [0.4, 0.5) is 5.69 Å². The van der Waals surface area contributed by atoms with Crippen LogP contribution in [0.25, 0.3) is 5.69 Å². The van der Waals surface area contributed by atoms with Gasteiger partial charge < -0.3 is 15.0 Å². The van der Waals surface area contributed by atoms with Crippen LogP contribution in [-0.2, 0) is 6.54 Å². The predicted octanol–water partition coefficient (Wildman–Crippen LogP) is 2.58. The molecule has 5 heteroatoms. The van der Waals surface area contributed by atoms with Crippen LogP contribution in [0.2, 0.25) is 0 Å². The van der Waals surface area contributed by atoms with E-state index in [0.29, 0.717) is 6.54 Å². The number of hydrogen-bond acceptors (Lipinski definition) is 4. The molecule has 2 aromatic heterocycles. The van der Waals surface area contributed by atoms with Crippen LogP contribution < -0.4 is 5.32 Å². The predicted molar refractivity (Wildman–Crippen MR) is 76.8 cm³/mol. The number of aromatic hydroxyl groups is 1. The number of nitrogens with one attached hydrogen (secondary N) is 1. The molecule has 0 amide bonds. The molecular weight excluding hydrogens is 252 g/mol. The van der Waals surface area contributed by atoms with Crippen LogP contribution in [0.5, 0.6) is 5.75 Å². The first kappa shape index (κ1) is 12.2. The summed E-state index contributed by atoms with van der Waals surface area (Å²) in [7, 11) is 0. The summed E-state index contributed by atoms with van der Waals surface area (Å²) in [5.74, 6) is 0.177. The standard InChI is InChI=1S/C15H14N4O/c20-15-5-4-13(18-10-15)9-17-12-2-1-3-14(8-12)19-7-6-16-11-19/h1-8,10-11,17,20H,9H2. The quantitative estimate of drug-likeness (QED) is 0.762. The second-order valence-electron chi connectivity index (χ2n) is 4.38. The van der Waals surface area contributed by atoms with Crippen molar-refractivity contribution in [2.45, 2.75) is 6.54 Å². The second-order valence-corrected chi connectivity index (χ2v) is 4.38. The molecule has 3 aromatic rings. The van der Waals surface area contributed by atoms with E-state index in [1.54, 1.807) is 24.7 Å². The van der Waals surface area contributed by atoms with Gasteiger partial charge in [-0.3, -0.25) is 4.98 Å². The van der Waals surface area contributed by atoms with Crippen LogP contribution in [0.1, 0.15) is 5.69 Å². The highest BCUT2D eigenvalue weighted by Gasteiger charge is 1.99. The Labute approximate surface area is 116 Å². The van der Waals surface area contributed by atoms with Crippen molar-refractivity contribution in [3.05, 3.63) is 67.0 Å². The molecule has 2 N–H and O–H groups in total. The van der Waals surface area contributed by atoms with Gasteiger partial charge in [0.05, 0.1) is 24.8 Å². The maximum Gasteiger partial charge on any atom is 0.133 e. The lowest BCUT2D eigenvalue weighted by molar-refractivity contribution is 0.472. The average molecular weight is 266 g/mol. The lowest BCUT2D eigenvalue weighted by atomic mass is 10.2. The monoisotopic (exact) mass is 266 g/mol. The highest BCUT2D eigenvalue weighted by atomic mass is 16.3. The van der Waals surface area contributed by atoms with Gasteiger partial charge in [-0.25, -0.2) is 4.98 Å². The summed E-state index contributed by atoms with van der Waals surface area (Å²) in [4.78, 5) is 8.18.